The standard InChI is InChI=1S/C12H11FN2O3S/c13-11-2-1-10(5-9(11)6-14)15-12(16)8-3-4-19(17,18)7-8/h1-2,5,8H,3-4,7H2,(H,15,16). The van der Waals surface area contributed by atoms with Crippen LogP contribution in [0.4, 0.5) is 10.1 Å². The summed E-state index contributed by atoms with van der Waals surface area (Å²) in [5.41, 5.74) is 0.115. The summed E-state index contributed by atoms with van der Waals surface area (Å²) in [5.74, 6) is -1.82. The maximum atomic E-state index is 13.1. The number of halogens is 1. The Hall–Kier alpha value is -1.94. The minimum absolute atomic E-state index is 0.0119. The van der Waals surface area contributed by atoms with Gasteiger partial charge >= 0.3 is 0 Å². The van der Waals surface area contributed by atoms with Crippen molar-refractivity contribution in [1.29, 1.82) is 5.26 Å². The van der Waals surface area contributed by atoms with E-state index in [1.54, 1.807) is 6.07 Å². The highest BCUT2D eigenvalue weighted by Crippen LogP contribution is 2.21. The van der Waals surface area contributed by atoms with Gasteiger partial charge < -0.3 is 5.32 Å². The van der Waals surface area contributed by atoms with Crippen LogP contribution in [0.25, 0.3) is 0 Å². The molecule has 0 saturated carbocycles. The van der Waals surface area contributed by atoms with Gasteiger partial charge in [0, 0.05) is 5.69 Å². The quantitative estimate of drug-likeness (QED) is 0.879. The Morgan fingerprint density at radius 3 is 2.79 bits per heavy atom. The van der Waals surface area contributed by atoms with E-state index in [0.717, 1.165) is 6.07 Å². The summed E-state index contributed by atoms with van der Waals surface area (Å²) in [6.07, 6.45) is 0.292. The zero-order valence-electron chi connectivity index (χ0n) is 9.89. The molecule has 0 radical (unpaired) electrons. The van der Waals surface area contributed by atoms with Gasteiger partial charge in [-0.25, -0.2) is 12.8 Å². The highest BCUT2D eigenvalue weighted by molar-refractivity contribution is 7.91. The number of carbonyl (C=O) groups excluding carboxylic acids is 1. The van der Waals surface area contributed by atoms with Crippen molar-refractivity contribution in [2.24, 2.45) is 5.92 Å². The van der Waals surface area contributed by atoms with Gasteiger partial charge in [-0.1, -0.05) is 0 Å². The van der Waals surface area contributed by atoms with E-state index >= 15 is 0 Å². The molecule has 1 atom stereocenters. The number of anilines is 1. The van der Waals surface area contributed by atoms with Crippen molar-refractivity contribution in [3.8, 4) is 6.07 Å². The number of benzene rings is 1. The van der Waals surface area contributed by atoms with Crippen LogP contribution in [0.1, 0.15) is 12.0 Å². The van der Waals surface area contributed by atoms with Gasteiger partial charge in [-0.15, -0.1) is 0 Å². The number of nitrogens with zero attached hydrogens (tertiary/aromatic N) is 1. The van der Waals surface area contributed by atoms with E-state index in [0.29, 0.717) is 6.42 Å². The first-order valence-electron chi connectivity index (χ1n) is 5.62. The summed E-state index contributed by atoms with van der Waals surface area (Å²) < 4.78 is 35.6. The van der Waals surface area contributed by atoms with Gasteiger partial charge in [-0.2, -0.15) is 5.26 Å². The maximum Gasteiger partial charge on any atom is 0.228 e. The van der Waals surface area contributed by atoms with E-state index in [1.807, 2.05) is 0 Å². The van der Waals surface area contributed by atoms with Crippen LogP contribution in [-0.4, -0.2) is 25.8 Å². The molecule has 1 heterocycles. The summed E-state index contributed by atoms with van der Waals surface area (Å²) in [6, 6.07) is 5.30. The van der Waals surface area contributed by atoms with Gasteiger partial charge in [-0.3, -0.25) is 4.79 Å². The predicted molar refractivity (Wildman–Crippen MR) is 66.5 cm³/mol. The van der Waals surface area contributed by atoms with Crippen LogP contribution in [0.15, 0.2) is 18.2 Å². The smallest absolute Gasteiger partial charge is 0.228 e. The summed E-state index contributed by atoms with van der Waals surface area (Å²) in [7, 11) is -3.13. The van der Waals surface area contributed by atoms with Crippen molar-refractivity contribution in [1.82, 2.24) is 0 Å². The molecule has 1 aromatic rings. The molecule has 0 bridgehead atoms. The van der Waals surface area contributed by atoms with Gasteiger partial charge in [0.25, 0.3) is 0 Å². The fourth-order valence-electron chi connectivity index (χ4n) is 1.93. The molecule has 1 saturated heterocycles. The maximum absolute atomic E-state index is 13.1. The van der Waals surface area contributed by atoms with E-state index in [2.05, 4.69) is 5.32 Å². The highest BCUT2D eigenvalue weighted by Gasteiger charge is 2.32. The lowest BCUT2D eigenvalue weighted by Crippen LogP contribution is -2.23. The van der Waals surface area contributed by atoms with Crippen LogP contribution in [0, 0.1) is 23.1 Å². The zero-order chi connectivity index (χ0) is 14.0. The predicted octanol–water partition coefficient (Wildman–Crippen LogP) is 1.07. The van der Waals surface area contributed by atoms with Crippen molar-refractivity contribution in [2.75, 3.05) is 16.8 Å². The van der Waals surface area contributed by atoms with Crippen molar-refractivity contribution < 1.29 is 17.6 Å². The number of nitrogens with one attached hydrogen (secondary N) is 1. The number of hydrogen-bond donors (Lipinski definition) is 1. The summed E-state index contributed by atoms with van der Waals surface area (Å²) in [4.78, 5) is 11.8. The molecule has 7 heteroatoms. The average Bonchev–Trinajstić information content (AvgIpc) is 2.72. The number of carbonyl (C=O) groups is 1. The monoisotopic (exact) mass is 282 g/mol. The minimum Gasteiger partial charge on any atom is -0.326 e. The molecule has 1 amide bonds. The van der Waals surface area contributed by atoms with Crippen LogP contribution >= 0.6 is 0 Å². The van der Waals surface area contributed by atoms with Crippen molar-refractivity contribution in [3.63, 3.8) is 0 Å². The zero-order valence-corrected chi connectivity index (χ0v) is 10.7. The summed E-state index contributed by atoms with van der Waals surface area (Å²) >= 11 is 0. The first-order valence-corrected chi connectivity index (χ1v) is 7.44. The Labute approximate surface area is 110 Å². The third-order valence-corrected chi connectivity index (χ3v) is 4.73. The molecule has 0 aromatic heterocycles. The van der Waals surface area contributed by atoms with Gasteiger partial charge in [0.15, 0.2) is 9.84 Å². The van der Waals surface area contributed by atoms with Crippen LogP contribution in [-0.2, 0) is 14.6 Å². The van der Waals surface area contributed by atoms with E-state index < -0.39 is 27.5 Å². The molecule has 0 aliphatic carbocycles. The molecule has 1 aliphatic heterocycles. The molecule has 19 heavy (non-hydrogen) atoms. The SMILES string of the molecule is N#Cc1cc(NC(=O)C2CCS(=O)(=O)C2)ccc1F. The molecule has 1 fully saturated rings. The fraction of sp³-hybridized carbons (Fsp3) is 0.333. The molecule has 1 N–H and O–H groups in total. The van der Waals surface area contributed by atoms with Crippen LogP contribution in [0.5, 0.6) is 0 Å². The number of amides is 1. The van der Waals surface area contributed by atoms with Gasteiger partial charge in [-0.05, 0) is 24.6 Å². The highest BCUT2D eigenvalue weighted by atomic mass is 32.2. The fourth-order valence-corrected chi connectivity index (χ4v) is 3.68. The van der Waals surface area contributed by atoms with E-state index in [-0.39, 0.29) is 22.8 Å². The normalized spacial score (nSPS) is 20.7. The molecule has 2 rings (SSSR count). The van der Waals surface area contributed by atoms with Gasteiger partial charge in [0.2, 0.25) is 5.91 Å². The Balaban J connectivity index is 2.10. The molecule has 1 aliphatic rings. The topological polar surface area (TPSA) is 87.0 Å². The number of hydrogen-bond acceptors (Lipinski definition) is 4. The number of sulfone groups is 1. The molecular formula is C12H11FN2O3S. The van der Waals surface area contributed by atoms with Crippen molar-refractivity contribution in [3.05, 3.63) is 29.6 Å². The second kappa shape index (κ2) is 4.97. The second-order valence-electron chi connectivity index (χ2n) is 4.40. The van der Waals surface area contributed by atoms with Crippen LogP contribution in [0.2, 0.25) is 0 Å². The van der Waals surface area contributed by atoms with E-state index in [4.69, 9.17) is 5.26 Å². The van der Waals surface area contributed by atoms with Crippen LogP contribution < -0.4 is 5.32 Å². The van der Waals surface area contributed by atoms with Gasteiger partial charge in [0.1, 0.15) is 11.9 Å². The first kappa shape index (κ1) is 13.5. The average molecular weight is 282 g/mol. The lowest BCUT2D eigenvalue weighted by molar-refractivity contribution is -0.119. The Bertz CT molecular complexity index is 664. The summed E-state index contributed by atoms with van der Waals surface area (Å²) in [5, 5.41) is 11.2. The largest absolute Gasteiger partial charge is 0.326 e. The van der Waals surface area contributed by atoms with Crippen molar-refractivity contribution in [2.45, 2.75) is 6.42 Å². The Morgan fingerprint density at radius 1 is 1.47 bits per heavy atom. The third-order valence-electron chi connectivity index (χ3n) is 2.96. The number of nitriles is 1. The molecule has 0 spiro atoms. The number of rotatable bonds is 2. The minimum atomic E-state index is -3.13. The van der Waals surface area contributed by atoms with Gasteiger partial charge in [0.05, 0.1) is 23.0 Å². The lowest BCUT2D eigenvalue weighted by atomic mass is 10.1. The molecular weight excluding hydrogens is 271 g/mol. The Morgan fingerprint density at radius 2 is 2.21 bits per heavy atom. The van der Waals surface area contributed by atoms with Crippen LogP contribution in [0.3, 0.4) is 0 Å². The Kier molecular flexibility index (Phi) is 3.53. The molecule has 1 unspecified atom stereocenters. The van der Waals surface area contributed by atoms with E-state index in [9.17, 15) is 17.6 Å². The third kappa shape index (κ3) is 3.09. The van der Waals surface area contributed by atoms with E-state index in [1.165, 1.54) is 12.1 Å². The molecule has 1 aromatic carbocycles. The lowest BCUT2D eigenvalue weighted by Gasteiger charge is -2.09. The summed E-state index contributed by atoms with van der Waals surface area (Å²) in [6.45, 7) is 0. The van der Waals surface area contributed by atoms with Crippen molar-refractivity contribution >= 4 is 21.4 Å². The molecule has 5 nitrogen and oxygen atoms in total. The second-order valence-corrected chi connectivity index (χ2v) is 6.62. The molecule has 100 valence electrons. The first-order chi connectivity index (χ1) is 8.91.